The summed E-state index contributed by atoms with van der Waals surface area (Å²) in [6.07, 6.45) is 2.11. The number of ether oxygens (including phenoxy) is 3. The van der Waals surface area contributed by atoms with Crippen molar-refractivity contribution in [2.24, 2.45) is 0 Å². The zero-order valence-electron chi connectivity index (χ0n) is 16.5. The molecule has 1 spiro atoms. The fourth-order valence-corrected chi connectivity index (χ4v) is 3.94. The van der Waals surface area contributed by atoms with Gasteiger partial charge in [-0.05, 0) is 12.2 Å². The molecule has 8 nitrogen and oxygen atoms in total. The average molecular weight is 431 g/mol. The van der Waals surface area contributed by atoms with Crippen LogP contribution in [0.15, 0.2) is 35.1 Å². The molecule has 3 aliphatic rings. The number of aliphatic hydroxyl groups is 2. The van der Waals surface area contributed by atoms with E-state index in [1.54, 1.807) is 6.08 Å². The molecule has 1 amide bonds. The standard InChI is InChI=1S/C21H21NO7S/c1-14(23)30-12-8-15-17-16(24)7-5-3-4-6-9-20(15,26)13-21(28-10-11-29-21)18(17)22-19(25)27-2/h3-4,8,16,24,26H,10-13H2,1-2H3,(H,22,25)/b4-3+,15-8-/t16-,20-/m0/s1. The number of rotatable bonds is 3. The van der Waals surface area contributed by atoms with Crippen LogP contribution < -0.4 is 5.32 Å². The van der Waals surface area contributed by atoms with Crippen LogP contribution in [0.4, 0.5) is 4.79 Å². The molecule has 1 saturated heterocycles. The first-order valence-corrected chi connectivity index (χ1v) is 10.1. The normalized spacial score (nSPS) is 28.8. The molecular formula is C21H21NO7S. The summed E-state index contributed by atoms with van der Waals surface area (Å²) in [4.78, 5) is 23.5. The van der Waals surface area contributed by atoms with Gasteiger partial charge in [0.25, 0.3) is 0 Å². The molecule has 1 heterocycles. The second kappa shape index (κ2) is 9.09. The van der Waals surface area contributed by atoms with Gasteiger partial charge in [-0.3, -0.25) is 10.1 Å². The maximum atomic E-state index is 12.1. The minimum absolute atomic E-state index is 0.0868. The number of amides is 1. The first-order chi connectivity index (χ1) is 14.3. The highest BCUT2D eigenvalue weighted by atomic mass is 32.2. The third-order valence-electron chi connectivity index (χ3n) is 4.64. The number of hydrogen-bond donors (Lipinski definition) is 3. The van der Waals surface area contributed by atoms with Crippen LogP contribution in [0.25, 0.3) is 0 Å². The molecule has 30 heavy (non-hydrogen) atoms. The first kappa shape index (κ1) is 22.2. The zero-order chi connectivity index (χ0) is 21.8. The Morgan fingerprint density at radius 3 is 2.73 bits per heavy atom. The van der Waals surface area contributed by atoms with Crippen molar-refractivity contribution >= 4 is 23.0 Å². The van der Waals surface area contributed by atoms with Gasteiger partial charge in [0.1, 0.15) is 6.10 Å². The van der Waals surface area contributed by atoms with Crippen LogP contribution in [0.3, 0.4) is 0 Å². The summed E-state index contributed by atoms with van der Waals surface area (Å²) in [6.45, 7) is 1.85. The van der Waals surface area contributed by atoms with Crippen LogP contribution in [0.1, 0.15) is 13.3 Å². The second-order valence-electron chi connectivity index (χ2n) is 6.61. The van der Waals surface area contributed by atoms with E-state index in [4.69, 9.17) is 14.2 Å². The van der Waals surface area contributed by atoms with Crippen molar-refractivity contribution in [3.63, 3.8) is 0 Å². The van der Waals surface area contributed by atoms with Crippen LogP contribution in [-0.4, -0.2) is 65.0 Å². The lowest BCUT2D eigenvalue weighted by Crippen LogP contribution is -2.54. The minimum atomic E-state index is -1.79. The maximum Gasteiger partial charge on any atom is 0.411 e. The number of nitrogens with one attached hydrogen (secondary N) is 1. The highest BCUT2D eigenvalue weighted by molar-refractivity contribution is 8.13. The third kappa shape index (κ3) is 4.46. The molecule has 3 N–H and O–H groups in total. The van der Waals surface area contributed by atoms with Gasteiger partial charge >= 0.3 is 6.09 Å². The Morgan fingerprint density at radius 1 is 1.37 bits per heavy atom. The highest BCUT2D eigenvalue weighted by Crippen LogP contribution is 2.47. The van der Waals surface area contributed by atoms with E-state index in [-0.39, 0.29) is 47.3 Å². The van der Waals surface area contributed by atoms with Crippen molar-refractivity contribution in [1.82, 2.24) is 5.32 Å². The van der Waals surface area contributed by atoms with E-state index in [1.165, 1.54) is 26.2 Å². The lowest BCUT2D eigenvalue weighted by Gasteiger charge is -2.44. The Balaban J connectivity index is 2.28. The summed E-state index contributed by atoms with van der Waals surface area (Å²) in [6, 6.07) is 0. The lowest BCUT2D eigenvalue weighted by molar-refractivity contribution is -0.161. The summed E-state index contributed by atoms with van der Waals surface area (Å²) < 4.78 is 16.3. The molecule has 0 radical (unpaired) electrons. The average Bonchev–Trinajstić information content (AvgIpc) is 3.15. The van der Waals surface area contributed by atoms with E-state index in [1.807, 2.05) is 0 Å². The van der Waals surface area contributed by atoms with Gasteiger partial charge in [0, 0.05) is 23.8 Å². The number of allylic oxidation sites excluding steroid dienone is 2. The molecule has 0 aromatic rings. The number of fused-ring (bicyclic) bond motifs is 2. The van der Waals surface area contributed by atoms with E-state index in [2.05, 4.69) is 29.0 Å². The van der Waals surface area contributed by atoms with Gasteiger partial charge < -0.3 is 24.4 Å². The predicted octanol–water partition coefficient (Wildman–Crippen LogP) is 0.618. The summed E-state index contributed by atoms with van der Waals surface area (Å²) >= 11 is 1.02. The van der Waals surface area contributed by atoms with Crippen LogP contribution >= 0.6 is 11.8 Å². The van der Waals surface area contributed by atoms with Gasteiger partial charge in [0.05, 0.1) is 32.4 Å². The Morgan fingerprint density at radius 2 is 2.07 bits per heavy atom. The molecule has 9 heteroatoms. The van der Waals surface area contributed by atoms with Gasteiger partial charge in [0.2, 0.25) is 5.79 Å². The second-order valence-corrected chi connectivity index (χ2v) is 7.80. The predicted molar refractivity (Wildman–Crippen MR) is 109 cm³/mol. The largest absolute Gasteiger partial charge is 0.453 e. The van der Waals surface area contributed by atoms with E-state index in [0.717, 1.165) is 11.8 Å². The van der Waals surface area contributed by atoms with E-state index in [9.17, 15) is 19.8 Å². The van der Waals surface area contributed by atoms with Crippen LogP contribution in [-0.2, 0) is 19.0 Å². The molecule has 2 bridgehead atoms. The highest BCUT2D eigenvalue weighted by Gasteiger charge is 2.56. The smallest absolute Gasteiger partial charge is 0.411 e. The Hall–Kier alpha value is -2.53. The summed E-state index contributed by atoms with van der Waals surface area (Å²) in [7, 11) is 1.20. The summed E-state index contributed by atoms with van der Waals surface area (Å²) in [5, 5.41) is 24.9. The number of aliphatic hydroxyl groups excluding tert-OH is 1. The van der Waals surface area contributed by atoms with Crippen molar-refractivity contribution in [2.45, 2.75) is 30.8 Å². The van der Waals surface area contributed by atoms with Gasteiger partial charge in [-0.15, -0.1) is 0 Å². The molecule has 1 fully saturated rings. The van der Waals surface area contributed by atoms with Crippen molar-refractivity contribution in [3.05, 3.63) is 35.1 Å². The molecule has 0 aromatic carbocycles. The quantitative estimate of drug-likeness (QED) is 0.557. The number of carbonyl (C=O) groups is 2. The molecule has 3 rings (SSSR count). The van der Waals surface area contributed by atoms with Gasteiger partial charge in [-0.2, -0.15) is 0 Å². The van der Waals surface area contributed by atoms with E-state index < -0.39 is 23.6 Å². The first-order valence-electron chi connectivity index (χ1n) is 9.12. The molecule has 2 atom stereocenters. The molecule has 1 aliphatic heterocycles. The molecule has 0 aromatic heterocycles. The monoisotopic (exact) mass is 431 g/mol. The third-order valence-corrected chi connectivity index (χ3v) is 5.38. The van der Waals surface area contributed by atoms with Crippen LogP contribution in [0, 0.1) is 23.7 Å². The Bertz CT molecular complexity index is 953. The SMILES string of the molecule is COC(=O)NC1=C2/C(=C/CSC(C)=O)[C@](O)(C#C/C=C/C#C[C@@H]2O)CC12OCCO2. The minimum Gasteiger partial charge on any atom is -0.453 e. The Kier molecular flexibility index (Phi) is 6.71. The fraction of sp³-hybridized carbons (Fsp3) is 0.429. The van der Waals surface area contributed by atoms with Crippen LogP contribution in [0.2, 0.25) is 0 Å². The molecule has 2 aliphatic carbocycles. The Labute approximate surface area is 178 Å². The molecule has 158 valence electrons. The van der Waals surface area contributed by atoms with Gasteiger partial charge in [0.15, 0.2) is 10.7 Å². The molecule has 0 saturated carbocycles. The number of methoxy groups -OCH3 is 1. The fourth-order valence-electron chi connectivity index (χ4n) is 3.46. The lowest BCUT2D eigenvalue weighted by atomic mass is 9.73. The van der Waals surface area contributed by atoms with Crippen molar-refractivity contribution in [2.75, 3.05) is 26.1 Å². The van der Waals surface area contributed by atoms with Crippen molar-refractivity contribution in [3.8, 4) is 23.7 Å². The zero-order valence-corrected chi connectivity index (χ0v) is 17.3. The maximum absolute atomic E-state index is 12.1. The molecule has 0 unspecified atom stereocenters. The van der Waals surface area contributed by atoms with E-state index in [0.29, 0.717) is 0 Å². The number of alkyl carbamates (subject to hydrolysis) is 1. The number of hydrogen-bond acceptors (Lipinski definition) is 8. The molecular weight excluding hydrogens is 410 g/mol. The van der Waals surface area contributed by atoms with Gasteiger partial charge in [-0.25, -0.2) is 4.79 Å². The summed E-state index contributed by atoms with van der Waals surface area (Å²) in [5.41, 5.74) is -1.39. The van der Waals surface area contributed by atoms with Gasteiger partial charge in [-0.1, -0.05) is 41.5 Å². The number of thioether (sulfide) groups is 1. The van der Waals surface area contributed by atoms with Crippen LogP contribution in [0.5, 0.6) is 0 Å². The summed E-state index contributed by atoms with van der Waals surface area (Å²) in [5.74, 6) is 9.51. The van der Waals surface area contributed by atoms with Crippen molar-refractivity contribution < 1.29 is 34.0 Å². The topological polar surface area (TPSA) is 114 Å². The van der Waals surface area contributed by atoms with E-state index >= 15 is 0 Å². The number of carbonyl (C=O) groups excluding carboxylic acids is 2. The van der Waals surface area contributed by atoms with Crippen molar-refractivity contribution in [1.29, 1.82) is 0 Å².